The van der Waals surface area contributed by atoms with Crippen molar-refractivity contribution < 1.29 is 4.39 Å². The smallest absolute Gasteiger partial charge is 0.161 e. The highest BCUT2D eigenvalue weighted by molar-refractivity contribution is 5.57. The molecule has 0 aromatic carbocycles. The molecule has 2 unspecified atom stereocenters. The molecule has 1 aliphatic carbocycles. The van der Waals surface area contributed by atoms with Crippen molar-refractivity contribution in [3.8, 4) is 17.2 Å². The van der Waals surface area contributed by atoms with Crippen LogP contribution in [-0.4, -0.2) is 70.0 Å². The van der Waals surface area contributed by atoms with Crippen LogP contribution in [0.3, 0.4) is 0 Å². The highest BCUT2D eigenvalue weighted by Crippen LogP contribution is 2.39. The number of pyridine rings is 2. The molecule has 3 aliphatic heterocycles. The predicted octanol–water partition coefficient (Wildman–Crippen LogP) is 4.22. The number of hydrogen-bond donors (Lipinski definition) is 1. The lowest BCUT2D eigenvalue weighted by molar-refractivity contribution is -0.00875. The van der Waals surface area contributed by atoms with Crippen LogP contribution >= 0.6 is 0 Å². The molecule has 10 nitrogen and oxygen atoms in total. The molecule has 3 saturated heterocycles. The fourth-order valence-electron chi connectivity index (χ4n) is 6.23. The van der Waals surface area contributed by atoms with Crippen LogP contribution < -0.4 is 4.90 Å². The Labute approximate surface area is 242 Å². The maximum absolute atomic E-state index is 13.3. The monoisotopic (exact) mass is 562 g/mol. The van der Waals surface area contributed by atoms with E-state index >= 15 is 0 Å². The Morgan fingerprint density at radius 2 is 1.79 bits per heavy atom. The third-order valence-electron chi connectivity index (χ3n) is 8.56. The van der Waals surface area contributed by atoms with Crippen molar-refractivity contribution in [2.24, 2.45) is 0 Å². The summed E-state index contributed by atoms with van der Waals surface area (Å²) in [5.41, 5.74) is 6.24. The number of piperidine rings is 1. The lowest BCUT2D eigenvalue weighted by atomic mass is 9.87. The number of aromatic nitrogens is 8. The average molecular weight is 563 g/mol. The van der Waals surface area contributed by atoms with Crippen LogP contribution in [0.5, 0.6) is 0 Å². The fraction of sp³-hybridized carbons (Fsp3) is 0.355. The third kappa shape index (κ3) is 4.94. The Hall–Kier alpha value is -4.51. The summed E-state index contributed by atoms with van der Waals surface area (Å²) in [5, 5.41) is 11.6. The number of fused-ring (bicyclic) bond motifs is 2. The zero-order chi connectivity index (χ0) is 28.2. The van der Waals surface area contributed by atoms with Crippen molar-refractivity contribution in [3.05, 3.63) is 95.3 Å². The number of piperazine rings is 1. The average Bonchev–Trinajstić information content (AvgIpc) is 3.61. The number of rotatable bonds is 8. The minimum Gasteiger partial charge on any atom is -0.353 e. The zero-order valence-corrected chi connectivity index (χ0v) is 23.4. The molecule has 42 heavy (non-hydrogen) atoms. The van der Waals surface area contributed by atoms with Crippen LogP contribution in [-0.2, 0) is 13.0 Å². The second-order valence-electron chi connectivity index (χ2n) is 11.7. The number of aryl methyl sites for hydroxylation is 1. The molecular weight excluding hydrogens is 531 g/mol. The summed E-state index contributed by atoms with van der Waals surface area (Å²) >= 11 is 0. The Balaban J connectivity index is 0.906. The summed E-state index contributed by atoms with van der Waals surface area (Å²) in [6.07, 6.45) is 10.7. The van der Waals surface area contributed by atoms with E-state index in [9.17, 15) is 4.39 Å². The Bertz CT molecular complexity index is 1710. The normalized spacial score (nSPS) is 20.1. The summed E-state index contributed by atoms with van der Waals surface area (Å²) in [6, 6.07) is 13.3. The van der Waals surface area contributed by atoms with Gasteiger partial charge in [-0.25, -0.2) is 29.0 Å². The Kier molecular flexibility index (Phi) is 6.06. The lowest BCUT2D eigenvalue weighted by Gasteiger charge is -2.56. The predicted molar refractivity (Wildman–Crippen MR) is 155 cm³/mol. The quantitative estimate of drug-likeness (QED) is 0.300. The fourth-order valence-corrected chi connectivity index (χ4v) is 6.23. The molecule has 8 heterocycles. The molecule has 212 valence electrons. The van der Waals surface area contributed by atoms with E-state index in [0.29, 0.717) is 36.1 Å². The standard InChI is InChI=1S/C31H31FN10/c1-19-8-24(9-25-10-28(39-38-25)21-3-4-21)37-31(36-19)22-5-7-29(34-13-22)40-17-26-11-27(18-40)41(26)15-20-2-6-30(33-12-20)42-16-23(32)14-35-42/h2,5-8,10,12-14,16,21,26-27H,3-4,9,11,15,17-18H2,1H3,(H,38,39). The van der Waals surface area contributed by atoms with Gasteiger partial charge in [0.2, 0.25) is 0 Å². The highest BCUT2D eigenvalue weighted by atomic mass is 19.1. The van der Waals surface area contributed by atoms with Crippen molar-refractivity contribution >= 4 is 5.82 Å². The summed E-state index contributed by atoms with van der Waals surface area (Å²) in [6.45, 7) is 4.75. The topological polar surface area (TPSA) is 105 Å². The van der Waals surface area contributed by atoms with Gasteiger partial charge in [-0.15, -0.1) is 0 Å². The van der Waals surface area contributed by atoms with Gasteiger partial charge in [-0.05, 0) is 62.1 Å². The van der Waals surface area contributed by atoms with Crippen LogP contribution in [0.15, 0.2) is 61.2 Å². The molecular formula is C31H31FN10. The molecule has 9 rings (SSSR count). The van der Waals surface area contributed by atoms with Crippen LogP contribution in [0.2, 0.25) is 0 Å². The molecule has 1 N–H and O–H groups in total. The number of hydrogen-bond acceptors (Lipinski definition) is 8. The number of nitrogens with one attached hydrogen (secondary N) is 1. The zero-order valence-electron chi connectivity index (χ0n) is 23.4. The second-order valence-corrected chi connectivity index (χ2v) is 11.7. The molecule has 2 atom stereocenters. The molecule has 11 heteroatoms. The van der Waals surface area contributed by atoms with Gasteiger partial charge in [-0.3, -0.25) is 10.00 Å². The first-order valence-corrected chi connectivity index (χ1v) is 14.6. The molecule has 5 aromatic heterocycles. The van der Waals surface area contributed by atoms with E-state index < -0.39 is 0 Å². The molecule has 4 aliphatic rings. The molecule has 4 fully saturated rings. The van der Waals surface area contributed by atoms with Gasteiger partial charge in [0.1, 0.15) is 5.82 Å². The van der Waals surface area contributed by atoms with E-state index in [1.54, 1.807) is 0 Å². The van der Waals surface area contributed by atoms with Gasteiger partial charge in [-0.2, -0.15) is 10.2 Å². The second kappa shape index (κ2) is 10.1. The minimum atomic E-state index is -0.371. The first-order valence-electron chi connectivity index (χ1n) is 14.6. The van der Waals surface area contributed by atoms with Gasteiger partial charge < -0.3 is 4.90 Å². The van der Waals surface area contributed by atoms with Gasteiger partial charge in [0.05, 0.1) is 23.8 Å². The van der Waals surface area contributed by atoms with E-state index in [1.807, 2.05) is 37.5 Å². The molecule has 1 saturated carbocycles. The van der Waals surface area contributed by atoms with Crippen LogP contribution in [0, 0.1) is 12.7 Å². The highest BCUT2D eigenvalue weighted by Gasteiger charge is 2.44. The van der Waals surface area contributed by atoms with Gasteiger partial charge in [0, 0.05) is 73.4 Å². The lowest BCUT2D eigenvalue weighted by Crippen LogP contribution is -2.68. The summed E-state index contributed by atoms with van der Waals surface area (Å²) in [4.78, 5) is 23.8. The van der Waals surface area contributed by atoms with Crippen LogP contribution in [0.1, 0.15) is 53.5 Å². The summed E-state index contributed by atoms with van der Waals surface area (Å²) in [5.74, 6) is 2.57. The Morgan fingerprint density at radius 1 is 0.952 bits per heavy atom. The van der Waals surface area contributed by atoms with Gasteiger partial charge in [0.25, 0.3) is 0 Å². The molecule has 5 aromatic rings. The van der Waals surface area contributed by atoms with Crippen LogP contribution in [0.4, 0.5) is 10.2 Å². The minimum absolute atomic E-state index is 0.371. The van der Waals surface area contributed by atoms with Gasteiger partial charge in [-0.1, -0.05) is 6.07 Å². The molecule has 0 radical (unpaired) electrons. The number of H-pyrrole nitrogens is 1. The van der Waals surface area contributed by atoms with E-state index in [0.717, 1.165) is 53.7 Å². The van der Waals surface area contributed by atoms with Crippen molar-refractivity contribution in [1.29, 1.82) is 0 Å². The Morgan fingerprint density at radius 3 is 2.50 bits per heavy atom. The summed E-state index contributed by atoms with van der Waals surface area (Å²) < 4.78 is 14.7. The van der Waals surface area contributed by atoms with E-state index in [2.05, 4.69) is 48.3 Å². The van der Waals surface area contributed by atoms with Crippen molar-refractivity contribution in [1.82, 2.24) is 44.8 Å². The number of aromatic amines is 1. The molecule has 0 amide bonds. The first kappa shape index (κ1) is 25.2. The number of nitrogens with zero attached hydrogens (tertiary/aromatic N) is 9. The SMILES string of the molecule is Cc1cc(Cc2cc(C3CC3)n[nH]2)nc(-c2ccc(N3CC4CC(C3)N4Cc3ccc(-n4cc(F)cn4)nc3)nc2)n1. The van der Waals surface area contributed by atoms with Crippen molar-refractivity contribution in [3.63, 3.8) is 0 Å². The maximum atomic E-state index is 13.3. The first-order chi connectivity index (χ1) is 20.5. The van der Waals surface area contributed by atoms with E-state index in [1.165, 1.54) is 42.0 Å². The summed E-state index contributed by atoms with van der Waals surface area (Å²) in [7, 11) is 0. The largest absolute Gasteiger partial charge is 0.353 e. The molecule has 0 spiro atoms. The number of halogens is 1. The van der Waals surface area contributed by atoms with Gasteiger partial charge in [0.15, 0.2) is 17.5 Å². The third-order valence-corrected chi connectivity index (χ3v) is 8.56. The van der Waals surface area contributed by atoms with E-state index in [4.69, 9.17) is 15.0 Å². The number of anilines is 1. The van der Waals surface area contributed by atoms with Crippen molar-refractivity contribution in [2.75, 3.05) is 18.0 Å². The van der Waals surface area contributed by atoms with Gasteiger partial charge >= 0.3 is 0 Å². The van der Waals surface area contributed by atoms with Crippen molar-refractivity contribution in [2.45, 2.75) is 57.2 Å². The molecule has 2 bridgehead atoms. The maximum Gasteiger partial charge on any atom is 0.161 e. The van der Waals surface area contributed by atoms with Crippen LogP contribution in [0.25, 0.3) is 17.2 Å². The van der Waals surface area contributed by atoms with E-state index in [-0.39, 0.29) is 5.82 Å².